The third kappa shape index (κ3) is 4.13. The molecule has 1 aromatic heterocycles. The van der Waals surface area contributed by atoms with E-state index >= 15 is 0 Å². The molecule has 21 heavy (non-hydrogen) atoms. The van der Waals surface area contributed by atoms with Gasteiger partial charge in [0.05, 0.1) is 12.1 Å². The van der Waals surface area contributed by atoms with E-state index in [1.54, 1.807) is 0 Å². The molecular weight excluding hydrogens is 288 g/mol. The highest BCUT2D eigenvalue weighted by atomic mass is 32.1. The lowest BCUT2D eigenvalue weighted by Gasteiger charge is -2.07. The zero-order valence-corrected chi connectivity index (χ0v) is 12.6. The molecule has 0 spiro atoms. The monoisotopic (exact) mass is 304 g/mol. The van der Waals surface area contributed by atoms with Crippen molar-refractivity contribution in [1.82, 2.24) is 10.3 Å². The first-order chi connectivity index (χ1) is 9.95. The molecule has 1 unspecified atom stereocenters. The summed E-state index contributed by atoms with van der Waals surface area (Å²) in [5.41, 5.74) is 2.81. The quantitative estimate of drug-likeness (QED) is 0.888. The first-order valence-corrected chi connectivity index (χ1v) is 7.37. The van der Waals surface area contributed by atoms with E-state index < -0.39 is 12.0 Å². The van der Waals surface area contributed by atoms with Crippen LogP contribution in [0.15, 0.2) is 29.6 Å². The van der Waals surface area contributed by atoms with Crippen molar-refractivity contribution in [3.8, 4) is 10.6 Å². The van der Waals surface area contributed by atoms with Crippen LogP contribution in [-0.4, -0.2) is 28.0 Å². The summed E-state index contributed by atoms with van der Waals surface area (Å²) in [6.07, 6.45) is 0.0833. The number of carbonyl (C=O) groups excluding carboxylic acids is 1. The molecule has 1 atom stereocenters. The highest BCUT2D eigenvalue weighted by molar-refractivity contribution is 7.13. The third-order valence-electron chi connectivity index (χ3n) is 2.91. The van der Waals surface area contributed by atoms with E-state index in [-0.39, 0.29) is 12.3 Å². The molecule has 1 heterocycles. The van der Waals surface area contributed by atoms with Crippen LogP contribution in [0.3, 0.4) is 0 Å². The van der Waals surface area contributed by atoms with Gasteiger partial charge in [-0.15, -0.1) is 11.3 Å². The number of thiazole rings is 1. The van der Waals surface area contributed by atoms with Gasteiger partial charge in [0.25, 0.3) is 0 Å². The van der Waals surface area contributed by atoms with Gasteiger partial charge in [-0.05, 0) is 19.9 Å². The number of aromatic nitrogens is 1. The second kappa shape index (κ2) is 6.49. The fourth-order valence-electron chi connectivity index (χ4n) is 1.82. The predicted molar refractivity (Wildman–Crippen MR) is 81.2 cm³/mol. The number of carboxylic acid groups (broad SMARTS) is 1. The topological polar surface area (TPSA) is 79.3 Å². The molecule has 110 valence electrons. The minimum atomic E-state index is -1.05. The normalized spacial score (nSPS) is 11.9. The van der Waals surface area contributed by atoms with Crippen LogP contribution in [0.1, 0.15) is 18.2 Å². The van der Waals surface area contributed by atoms with E-state index in [0.717, 1.165) is 16.1 Å². The molecule has 1 amide bonds. The molecule has 0 aliphatic heterocycles. The Bertz CT molecular complexity index is 666. The largest absolute Gasteiger partial charge is 0.480 e. The smallest absolute Gasteiger partial charge is 0.325 e. The Labute approximate surface area is 126 Å². The first kappa shape index (κ1) is 15.2. The summed E-state index contributed by atoms with van der Waals surface area (Å²) >= 11 is 1.47. The lowest BCUT2D eigenvalue weighted by atomic mass is 10.1. The lowest BCUT2D eigenvalue weighted by Crippen LogP contribution is -2.39. The molecule has 2 N–H and O–H groups in total. The van der Waals surface area contributed by atoms with Crippen LogP contribution in [0.2, 0.25) is 0 Å². The summed E-state index contributed by atoms with van der Waals surface area (Å²) in [7, 11) is 0. The van der Waals surface area contributed by atoms with Crippen molar-refractivity contribution in [3.63, 3.8) is 0 Å². The molecule has 0 radical (unpaired) electrons. The van der Waals surface area contributed by atoms with Gasteiger partial charge in [-0.3, -0.25) is 9.59 Å². The van der Waals surface area contributed by atoms with Gasteiger partial charge in [0.2, 0.25) is 5.91 Å². The van der Waals surface area contributed by atoms with E-state index in [1.165, 1.54) is 18.3 Å². The maximum atomic E-state index is 11.7. The summed E-state index contributed by atoms with van der Waals surface area (Å²) in [6, 6.07) is 7.09. The average Bonchev–Trinajstić information content (AvgIpc) is 2.86. The zero-order valence-electron chi connectivity index (χ0n) is 11.8. The van der Waals surface area contributed by atoms with Gasteiger partial charge in [-0.2, -0.15) is 0 Å². The average molecular weight is 304 g/mol. The second-order valence-corrected chi connectivity index (χ2v) is 5.68. The highest BCUT2D eigenvalue weighted by Gasteiger charge is 2.15. The number of nitrogens with one attached hydrogen (secondary N) is 1. The molecule has 0 aliphatic rings. The zero-order chi connectivity index (χ0) is 15.4. The second-order valence-electron chi connectivity index (χ2n) is 4.82. The van der Waals surface area contributed by atoms with Crippen LogP contribution in [0, 0.1) is 6.92 Å². The van der Waals surface area contributed by atoms with Gasteiger partial charge in [0, 0.05) is 10.9 Å². The molecule has 2 aromatic rings. The molecule has 1 aromatic carbocycles. The summed E-state index contributed by atoms with van der Waals surface area (Å²) in [5, 5.41) is 13.8. The molecule has 0 saturated heterocycles. The Morgan fingerprint density at radius 2 is 2.19 bits per heavy atom. The van der Waals surface area contributed by atoms with Gasteiger partial charge in [-0.25, -0.2) is 4.98 Å². The summed E-state index contributed by atoms with van der Waals surface area (Å²) in [5.74, 6) is -1.40. The van der Waals surface area contributed by atoms with Crippen LogP contribution in [0.5, 0.6) is 0 Å². The van der Waals surface area contributed by atoms with Crippen LogP contribution in [0.25, 0.3) is 10.6 Å². The maximum Gasteiger partial charge on any atom is 0.325 e. The Morgan fingerprint density at radius 1 is 1.43 bits per heavy atom. The van der Waals surface area contributed by atoms with Crippen molar-refractivity contribution >= 4 is 23.2 Å². The van der Waals surface area contributed by atoms with E-state index in [0.29, 0.717) is 5.69 Å². The van der Waals surface area contributed by atoms with Gasteiger partial charge in [0.1, 0.15) is 11.0 Å². The van der Waals surface area contributed by atoms with E-state index in [9.17, 15) is 9.59 Å². The number of aryl methyl sites for hydroxylation is 1. The number of carboxylic acids is 1. The van der Waals surface area contributed by atoms with Crippen LogP contribution in [-0.2, 0) is 16.0 Å². The highest BCUT2D eigenvalue weighted by Crippen LogP contribution is 2.24. The number of aliphatic carboxylic acids is 1. The van der Waals surface area contributed by atoms with Crippen molar-refractivity contribution < 1.29 is 14.7 Å². The molecule has 5 nitrogen and oxygen atoms in total. The number of nitrogens with zero attached hydrogens (tertiary/aromatic N) is 1. The Balaban J connectivity index is 2.03. The number of amides is 1. The first-order valence-electron chi connectivity index (χ1n) is 6.49. The molecular formula is C15H16N2O3S. The molecule has 6 heteroatoms. The van der Waals surface area contributed by atoms with Crippen molar-refractivity contribution in [2.45, 2.75) is 26.3 Å². The molecule has 0 bridgehead atoms. The van der Waals surface area contributed by atoms with Crippen molar-refractivity contribution in [3.05, 3.63) is 40.9 Å². The molecule has 0 fully saturated rings. The van der Waals surface area contributed by atoms with Gasteiger partial charge >= 0.3 is 5.97 Å². The number of carbonyl (C=O) groups is 2. The predicted octanol–water partition coefficient (Wildman–Crippen LogP) is 2.25. The van der Waals surface area contributed by atoms with Crippen LogP contribution in [0.4, 0.5) is 0 Å². The molecule has 2 rings (SSSR count). The Hall–Kier alpha value is -2.21. The Morgan fingerprint density at radius 3 is 2.86 bits per heavy atom. The van der Waals surface area contributed by atoms with Crippen molar-refractivity contribution in [2.75, 3.05) is 0 Å². The van der Waals surface area contributed by atoms with Crippen LogP contribution < -0.4 is 5.32 Å². The number of rotatable bonds is 5. The number of hydrogen-bond acceptors (Lipinski definition) is 4. The SMILES string of the molecule is Cc1cccc(-c2nc(CC(=O)NC(C)C(=O)O)cs2)c1. The summed E-state index contributed by atoms with van der Waals surface area (Å²) in [4.78, 5) is 26.8. The van der Waals surface area contributed by atoms with E-state index in [2.05, 4.69) is 10.3 Å². The summed E-state index contributed by atoms with van der Waals surface area (Å²) < 4.78 is 0. The maximum absolute atomic E-state index is 11.7. The fraction of sp³-hybridized carbons (Fsp3) is 0.267. The number of benzene rings is 1. The summed E-state index contributed by atoms with van der Waals surface area (Å²) in [6.45, 7) is 3.44. The minimum Gasteiger partial charge on any atom is -0.480 e. The lowest BCUT2D eigenvalue weighted by molar-refractivity contribution is -0.141. The van der Waals surface area contributed by atoms with E-state index in [4.69, 9.17) is 5.11 Å². The number of hydrogen-bond donors (Lipinski definition) is 2. The van der Waals surface area contributed by atoms with Gasteiger partial charge < -0.3 is 10.4 Å². The molecule has 0 aliphatic carbocycles. The third-order valence-corrected chi connectivity index (χ3v) is 3.85. The van der Waals surface area contributed by atoms with Gasteiger partial charge in [0.15, 0.2) is 0 Å². The van der Waals surface area contributed by atoms with Crippen LogP contribution >= 0.6 is 11.3 Å². The van der Waals surface area contributed by atoms with Crippen molar-refractivity contribution in [2.24, 2.45) is 0 Å². The van der Waals surface area contributed by atoms with Crippen molar-refractivity contribution in [1.29, 1.82) is 0 Å². The van der Waals surface area contributed by atoms with E-state index in [1.807, 2.05) is 36.6 Å². The Kier molecular flexibility index (Phi) is 4.70. The fourth-order valence-corrected chi connectivity index (χ4v) is 2.63. The minimum absolute atomic E-state index is 0.0833. The van der Waals surface area contributed by atoms with Gasteiger partial charge in [-0.1, -0.05) is 23.8 Å². The molecule has 0 saturated carbocycles. The standard InChI is InChI=1S/C15H16N2O3S/c1-9-4-3-5-11(6-9)14-17-12(8-21-14)7-13(18)16-10(2)15(19)20/h3-6,8,10H,7H2,1-2H3,(H,16,18)(H,19,20).